The van der Waals surface area contributed by atoms with E-state index in [2.05, 4.69) is 16.0 Å². The van der Waals surface area contributed by atoms with Gasteiger partial charge < -0.3 is 25.0 Å². The summed E-state index contributed by atoms with van der Waals surface area (Å²) < 4.78 is 24.3. The Morgan fingerprint density at radius 2 is 1.63 bits per heavy atom. The monoisotopic (exact) mass is 570 g/mol. The number of aryl methyl sites for hydroxylation is 1. The zero-order valence-electron chi connectivity index (χ0n) is 24.1. The second-order valence-corrected chi connectivity index (χ2v) is 11.1. The molecule has 0 bridgehead atoms. The third kappa shape index (κ3) is 9.77. The van der Waals surface area contributed by atoms with Gasteiger partial charge in [0, 0.05) is 25.3 Å². The lowest BCUT2D eigenvalue weighted by Gasteiger charge is -2.40. The summed E-state index contributed by atoms with van der Waals surface area (Å²) in [7, 11) is 0. The van der Waals surface area contributed by atoms with E-state index in [1.807, 2.05) is 19.1 Å². The molecule has 3 N–H and O–H groups in total. The van der Waals surface area contributed by atoms with Gasteiger partial charge in [-0.3, -0.25) is 14.9 Å². The molecule has 1 aliphatic heterocycles. The summed E-state index contributed by atoms with van der Waals surface area (Å²) in [4.78, 5) is 52.2. The minimum absolute atomic E-state index is 0.0940. The second kappa shape index (κ2) is 14.0. The lowest BCUT2D eigenvalue weighted by molar-refractivity contribution is -0.142. The Kier molecular flexibility index (Phi) is 10.7. The first-order valence-corrected chi connectivity index (χ1v) is 13.7. The highest BCUT2D eigenvalue weighted by atomic mass is 19.1. The van der Waals surface area contributed by atoms with E-state index in [1.165, 1.54) is 12.1 Å². The van der Waals surface area contributed by atoms with Crippen LogP contribution in [0.4, 0.5) is 19.7 Å². The van der Waals surface area contributed by atoms with Crippen LogP contribution < -0.4 is 16.0 Å². The fourth-order valence-corrected chi connectivity index (χ4v) is 4.39. The van der Waals surface area contributed by atoms with E-state index in [-0.39, 0.29) is 57.4 Å². The van der Waals surface area contributed by atoms with Crippen LogP contribution in [0.25, 0.3) is 0 Å². The van der Waals surface area contributed by atoms with Crippen LogP contribution in [-0.4, -0.2) is 60.7 Å². The predicted molar refractivity (Wildman–Crippen MR) is 152 cm³/mol. The number of nitrogens with one attached hydrogen (secondary N) is 3. The van der Waals surface area contributed by atoms with Gasteiger partial charge in [0.15, 0.2) is 0 Å². The van der Waals surface area contributed by atoms with Gasteiger partial charge in [0.1, 0.15) is 24.6 Å². The standard InChI is InChI=1S/C30H39FN4O6/c1-5-21-9-11-24(12-10-21)34-28(39)40-20-30(26(37)32-18-22-7-6-8-23(31)17-22)13-15-35(16-14-30)25(36)19-33-27(38)41-29(2,3)4/h6-12,17H,5,13-16,18-20H2,1-4H3,(H,32,37)(H,33,38)(H,34,39). The van der Waals surface area contributed by atoms with Gasteiger partial charge in [0.25, 0.3) is 0 Å². The number of likely N-dealkylation sites (tertiary alicyclic amines) is 1. The SMILES string of the molecule is CCc1ccc(NC(=O)OCC2(C(=O)NCc3cccc(F)c3)CCN(C(=O)CNC(=O)OC(C)(C)C)CC2)cc1. The molecule has 41 heavy (non-hydrogen) atoms. The molecule has 4 amide bonds. The van der Waals surface area contributed by atoms with E-state index in [0.29, 0.717) is 11.3 Å². The molecule has 0 saturated carbocycles. The minimum atomic E-state index is -1.11. The van der Waals surface area contributed by atoms with Gasteiger partial charge in [-0.15, -0.1) is 0 Å². The molecule has 1 aliphatic rings. The second-order valence-electron chi connectivity index (χ2n) is 11.1. The van der Waals surface area contributed by atoms with Crippen molar-refractivity contribution in [3.05, 3.63) is 65.5 Å². The van der Waals surface area contributed by atoms with E-state index in [0.717, 1.165) is 12.0 Å². The molecule has 0 unspecified atom stereocenters. The molecule has 2 aromatic carbocycles. The number of hydrogen-bond donors (Lipinski definition) is 3. The molecular weight excluding hydrogens is 531 g/mol. The predicted octanol–water partition coefficient (Wildman–Crippen LogP) is 4.39. The molecule has 1 heterocycles. The van der Waals surface area contributed by atoms with Crippen LogP contribution in [0.15, 0.2) is 48.5 Å². The number of piperidine rings is 1. The lowest BCUT2D eigenvalue weighted by atomic mass is 9.78. The van der Waals surface area contributed by atoms with Crippen molar-refractivity contribution in [2.24, 2.45) is 5.41 Å². The van der Waals surface area contributed by atoms with Crippen LogP contribution in [0.3, 0.4) is 0 Å². The summed E-state index contributed by atoms with van der Waals surface area (Å²) >= 11 is 0. The number of carbonyl (C=O) groups excluding carboxylic acids is 4. The third-order valence-electron chi connectivity index (χ3n) is 6.77. The highest BCUT2D eigenvalue weighted by Crippen LogP contribution is 2.33. The molecule has 11 heteroatoms. The van der Waals surface area contributed by atoms with Crippen molar-refractivity contribution in [2.75, 3.05) is 31.6 Å². The van der Waals surface area contributed by atoms with E-state index in [4.69, 9.17) is 9.47 Å². The average molecular weight is 571 g/mol. The Hall–Kier alpha value is -4.15. The number of nitrogens with zero attached hydrogens (tertiary/aromatic N) is 1. The highest BCUT2D eigenvalue weighted by Gasteiger charge is 2.43. The zero-order valence-corrected chi connectivity index (χ0v) is 24.1. The Bertz CT molecular complexity index is 1220. The van der Waals surface area contributed by atoms with E-state index < -0.39 is 29.0 Å². The van der Waals surface area contributed by atoms with Gasteiger partial charge >= 0.3 is 12.2 Å². The van der Waals surface area contributed by atoms with Crippen LogP contribution in [0.1, 0.15) is 51.7 Å². The first-order chi connectivity index (χ1) is 19.4. The molecule has 2 aromatic rings. The van der Waals surface area contributed by atoms with Crippen molar-refractivity contribution < 1.29 is 33.0 Å². The fraction of sp³-hybridized carbons (Fsp3) is 0.467. The first-order valence-electron chi connectivity index (χ1n) is 13.7. The summed E-state index contributed by atoms with van der Waals surface area (Å²) in [6.07, 6.45) is -0.0874. The molecule has 0 spiro atoms. The summed E-state index contributed by atoms with van der Waals surface area (Å²) in [6, 6.07) is 13.3. The largest absolute Gasteiger partial charge is 0.448 e. The number of alkyl carbamates (subject to hydrolysis) is 1. The lowest BCUT2D eigenvalue weighted by Crippen LogP contribution is -2.53. The highest BCUT2D eigenvalue weighted by molar-refractivity contribution is 5.87. The molecule has 3 rings (SSSR count). The van der Waals surface area contributed by atoms with Gasteiger partial charge in [0.05, 0.1) is 5.41 Å². The summed E-state index contributed by atoms with van der Waals surface area (Å²) in [5.74, 6) is -1.09. The average Bonchev–Trinajstić information content (AvgIpc) is 2.93. The number of hydrogen-bond acceptors (Lipinski definition) is 6. The Balaban J connectivity index is 1.62. The number of carbonyl (C=O) groups is 4. The van der Waals surface area contributed by atoms with Crippen LogP contribution >= 0.6 is 0 Å². The van der Waals surface area contributed by atoms with Crippen molar-refractivity contribution in [2.45, 2.75) is 59.1 Å². The number of benzene rings is 2. The first kappa shape index (κ1) is 31.4. The maximum absolute atomic E-state index is 13.6. The van der Waals surface area contributed by atoms with Crippen LogP contribution in [0, 0.1) is 11.2 Å². The van der Waals surface area contributed by atoms with Crippen LogP contribution in [-0.2, 0) is 32.0 Å². The van der Waals surface area contributed by atoms with Crippen molar-refractivity contribution >= 4 is 29.7 Å². The molecule has 0 radical (unpaired) electrons. The molecular formula is C30H39FN4O6. The Morgan fingerprint density at radius 3 is 2.24 bits per heavy atom. The number of rotatable bonds is 9. The molecule has 0 aliphatic carbocycles. The maximum Gasteiger partial charge on any atom is 0.411 e. The van der Waals surface area contributed by atoms with Gasteiger partial charge in [-0.1, -0.05) is 31.2 Å². The van der Waals surface area contributed by atoms with Crippen molar-refractivity contribution in [3.63, 3.8) is 0 Å². The third-order valence-corrected chi connectivity index (χ3v) is 6.77. The molecule has 10 nitrogen and oxygen atoms in total. The van der Waals surface area contributed by atoms with Gasteiger partial charge in [-0.2, -0.15) is 0 Å². The van der Waals surface area contributed by atoms with Gasteiger partial charge in [-0.25, -0.2) is 14.0 Å². The quantitative estimate of drug-likeness (QED) is 0.411. The number of ether oxygens (including phenoxy) is 2. The molecule has 1 fully saturated rings. The maximum atomic E-state index is 13.6. The topological polar surface area (TPSA) is 126 Å². The van der Waals surface area contributed by atoms with Crippen LogP contribution in [0.5, 0.6) is 0 Å². The summed E-state index contributed by atoms with van der Waals surface area (Å²) in [5, 5.41) is 7.96. The summed E-state index contributed by atoms with van der Waals surface area (Å²) in [5.41, 5.74) is 0.479. The molecule has 0 atom stereocenters. The number of halogens is 1. The number of amides is 4. The Labute approximate surface area is 239 Å². The smallest absolute Gasteiger partial charge is 0.411 e. The molecule has 222 valence electrons. The van der Waals surface area contributed by atoms with Crippen LogP contribution in [0.2, 0.25) is 0 Å². The zero-order chi connectivity index (χ0) is 30.0. The van der Waals surface area contributed by atoms with E-state index in [1.54, 1.807) is 49.9 Å². The van der Waals surface area contributed by atoms with Gasteiger partial charge in [-0.05, 0) is 75.4 Å². The van der Waals surface area contributed by atoms with E-state index in [9.17, 15) is 23.6 Å². The minimum Gasteiger partial charge on any atom is -0.448 e. The van der Waals surface area contributed by atoms with E-state index >= 15 is 0 Å². The molecule has 0 aromatic heterocycles. The van der Waals surface area contributed by atoms with Gasteiger partial charge in [0.2, 0.25) is 11.8 Å². The fourth-order valence-electron chi connectivity index (χ4n) is 4.39. The normalized spacial score (nSPS) is 14.5. The molecule has 1 saturated heterocycles. The number of anilines is 1. The Morgan fingerprint density at radius 1 is 0.951 bits per heavy atom. The summed E-state index contributed by atoms with van der Waals surface area (Å²) in [6.45, 7) is 7.27. The van der Waals surface area contributed by atoms with Crippen molar-refractivity contribution in [1.82, 2.24) is 15.5 Å². The van der Waals surface area contributed by atoms with Crippen molar-refractivity contribution in [3.8, 4) is 0 Å². The van der Waals surface area contributed by atoms with Crippen molar-refractivity contribution in [1.29, 1.82) is 0 Å².